The summed E-state index contributed by atoms with van der Waals surface area (Å²) in [4.78, 5) is 30.5. The predicted molar refractivity (Wildman–Crippen MR) is 127 cm³/mol. The van der Waals surface area contributed by atoms with Crippen LogP contribution in [0.1, 0.15) is 66.0 Å². The predicted octanol–water partition coefficient (Wildman–Crippen LogP) is 5.38. The van der Waals surface area contributed by atoms with Crippen LogP contribution in [0.3, 0.4) is 0 Å². The third kappa shape index (κ3) is 5.53. The summed E-state index contributed by atoms with van der Waals surface area (Å²) < 4.78 is 11.3. The standard InChI is InChI=1S/C24H33NO5S2/c1-15-7-13-19(31-15)24(28,20-14-8-16(2)32-20)21(26)29-18-11-9-17(10-12-18)25(6)22(27)30-23(3,4)5/h7-8,13-14,17-18,28H,9-12H2,1-6H3. The van der Waals surface area contributed by atoms with Gasteiger partial charge in [0, 0.05) is 22.8 Å². The van der Waals surface area contributed by atoms with Gasteiger partial charge in [-0.15, -0.1) is 22.7 Å². The van der Waals surface area contributed by atoms with E-state index in [1.54, 1.807) is 24.1 Å². The van der Waals surface area contributed by atoms with Crippen molar-refractivity contribution < 1.29 is 24.2 Å². The molecule has 1 aliphatic carbocycles. The Kier molecular flexibility index (Phi) is 7.37. The average molecular weight is 480 g/mol. The fourth-order valence-electron chi connectivity index (χ4n) is 3.85. The van der Waals surface area contributed by atoms with E-state index in [1.165, 1.54) is 22.7 Å². The van der Waals surface area contributed by atoms with Crippen LogP contribution >= 0.6 is 22.7 Å². The molecule has 8 heteroatoms. The van der Waals surface area contributed by atoms with Crippen LogP contribution in [0.25, 0.3) is 0 Å². The van der Waals surface area contributed by atoms with Crippen LogP contribution in [0.2, 0.25) is 0 Å². The molecule has 0 saturated heterocycles. The monoisotopic (exact) mass is 479 g/mol. The van der Waals surface area contributed by atoms with Gasteiger partial charge in [0.15, 0.2) is 0 Å². The van der Waals surface area contributed by atoms with E-state index < -0.39 is 17.2 Å². The van der Waals surface area contributed by atoms with Gasteiger partial charge in [-0.25, -0.2) is 9.59 Å². The molecule has 1 amide bonds. The Hall–Kier alpha value is -1.90. The normalized spacial score (nSPS) is 19.5. The number of amides is 1. The fraction of sp³-hybridized carbons (Fsp3) is 0.583. The van der Waals surface area contributed by atoms with E-state index in [2.05, 4.69) is 0 Å². The SMILES string of the molecule is Cc1ccc(C(O)(C(=O)OC2CCC(N(C)C(=O)OC(C)(C)C)CC2)c2ccc(C)s2)s1. The van der Waals surface area contributed by atoms with Crippen LogP contribution in [-0.4, -0.2) is 46.9 Å². The minimum absolute atomic E-state index is 0.0403. The van der Waals surface area contributed by atoms with Crippen molar-refractivity contribution in [3.63, 3.8) is 0 Å². The zero-order valence-corrected chi connectivity index (χ0v) is 21.3. The quantitative estimate of drug-likeness (QED) is 0.583. The van der Waals surface area contributed by atoms with Gasteiger partial charge in [0.05, 0.1) is 9.75 Å². The zero-order chi connectivity index (χ0) is 23.7. The number of rotatable bonds is 5. The Morgan fingerprint density at radius 2 is 1.47 bits per heavy atom. The summed E-state index contributed by atoms with van der Waals surface area (Å²) in [7, 11) is 1.75. The molecule has 2 aromatic heterocycles. The molecule has 6 nitrogen and oxygen atoms in total. The summed E-state index contributed by atoms with van der Waals surface area (Å²) in [6, 6.07) is 7.43. The van der Waals surface area contributed by atoms with E-state index in [0.29, 0.717) is 35.4 Å². The smallest absolute Gasteiger partial charge is 0.410 e. The molecule has 0 bridgehead atoms. The molecule has 2 heterocycles. The van der Waals surface area contributed by atoms with E-state index >= 15 is 0 Å². The third-order valence-electron chi connectivity index (χ3n) is 5.64. The molecule has 32 heavy (non-hydrogen) atoms. The van der Waals surface area contributed by atoms with Crippen molar-refractivity contribution in [1.29, 1.82) is 0 Å². The second kappa shape index (κ2) is 9.53. The Labute approximate surface area is 198 Å². The molecule has 1 aliphatic rings. The maximum absolute atomic E-state index is 13.3. The minimum atomic E-state index is -1.80. The number of thiophene rings is 2. The molecule has 0 radical (unpaired) electrons. The van der Waals surface area contributed by atoms with Crippen molar-refractivity contribution in [3.05, 3.63) is 43.8 Å². The van der Waals surface area contributed by atoms with Crippen molar-refractivity contribution in [2.24, 2.45) is 0 Å². The maximum atomic E-state index is 13.3. The molecule has 0 spiro atoms. The highest BCUT2D eigenvalue weighted by atomic mass is 32.1. The summed E-state index contributed by atoms with van der Waals surface area (Å²) in [5.74, 6) is -0.634. The Balaban J connectivity index is 1.67. The van der Waals surface area contributed by atoms with E-state index in [-0.39, 0.29) is 18.2 Å². The van der Waals surface area contributed by atoms with Crippen LogP contribution in [0.15, 0.2) is 24.3 Å². The molecule has 0 unspecified atom stereocenters. The number of esters is 1. The van der Waals surface area contributed by atoms with E-state index in [0.717, 1.165) is 9.75 Å². The van der Waals surface area contributed by atoms with Crippen molar-refractivity contribution in [1.82, 2.24) is 4.90 Å². The molecule has 0 aromatic carbocycles. The number of aryl methyl sites for hydroxylation is 2. The third-order valence-corrected chi connectivity index (χ3v) is 7.85. The van der Waals surface area contributed by atoms with Gasteiger partial charge in [-0.05, 0) is 84.6 Å². The lowest BCUT2D eigenvalue weighted by molar-refractivity contribution is -0.169. The second-order valence-electron chi connectivity index (χ2n) is 9.46. The van der Waals surface area contributed by atoms with Crippen molar-refractivity contribution in [3.8, 4) is 0 Å². The molecule has 0 aliphatic heterocycles. The lowest BCUT2D eigenvalue weighted by Crippen LogP contribution is -2.44. The molecule has 1 N–H and O–H groups in total. The van der Waals surface area contributed by atoms with Gasteiger partial charge in [0.1, 0.15) is 11.7 Å². The topological polar surface area (TPSA) is 76.1 Å². The first-order chi connectivity index (χ1) is 14.9. The van der Waals surface area contributed by atoms with E-state index in [4.69, 9.17) is 9.47 Å². The highest BCUT2D eigenvalue weighted by molar-refractivity contribution is 7.14. The largest absolute Gasteiger partial charge is 0.460 e. The van der Waals surface area contributed by atoms with Crippen LogP contribution < -0.4 is 0 Å². The van der Waals surface area contributed by atoms with Crippen LogP contribution in [0.4, 0.5) is 4.79 Å². The van der Waals surface area contributed by atoms with Gasteiger partial charge < -0.3 is 19.5 Å². The van der Waals surface area contributed by atoms with Gasteiger partial charge >= 0.3 is 12.1 Å². The number of nitrogens with zero attached hydrogens (tertiary/aromatic N) is 1. The minimum Gasteiger partial charge on any atom is -0.460 e. The fourth-order valence-corrected chi connectivity index (χ4v) is 5.84. The van der Waals surface area contributed by atoms with Crippen molar-refractivity contribution >= 4 is 34.7 Å². The number of ether oxygens (including phenoxy) is 2. The first-order valence-electron chi connectivity index (χ1n) is 10.9. The summed E-state index contributed by atoms with van der Waals surface area (Å²) in [6.07, 6.45) is 2.05. The number of carbonyl (C=O) groups excluding carboxylic acids is 2. The second-order valence-corrected chi connectivity index (χ2v) is 12.0. The lowest BCUT2D eigenvalue weighted by atomic mass is 9.91. The van der Waals surface area contributed by atoms with E-state index in [1.807, 2.05) is 46.8 Å². The Bertz CT molecular complexity index is 909. The van der Waals surface area contributed by atoms with Crippen LogP contribution in [0, 0.1) is 13.8 Å². The summed E-state index contributed by atoms with van der Waals surface area (Å²) >= 11 is 2.80. The molecule has 1 fully saturated rings. The maximum Gasteiger partial charge on any atom is 0.410 e. The van der Waals surface area contributed by atoms with Gasteiger partial charge in [-0.3, -0.25) is 0 Å². The molecule has 176 valence electrons. The Morgan fingerprint density at radius 3 is 1.88 bits per heavy atom. The molecule has 0 atom stereocenters. The zero-order valence-electron chi connectivity index (χ0n) is 19.6. The molecule has 3 rings (SSSR count). The highest BCUT2D eigenvalue weighted by Gasteiger charge is 2.45. The number of hydrogen-bond donors (Lipinski definition) is 1. The van der Waals surface area contributed by atoms with Crippen LogP contribution in [0.5, 0.6) is 0 Å². The molecular weight excluding hydrogens is 446 g/mol. The number of carbonyl (C=O) groups is 2. The number of hydrogen-bond acceptors (Lipinski definition) is 7. The van der Waals surface area contributed by atoms with Gasteiger partial charge in [0.2, 0.25) is 5.60 Å². The summed E-state index contributed by atoms with van der Waals surface area (Å²) in [6.45, 7) is 9.44. The Morgan fingerprint density at radius 1 is 0.969 bits per heavy atom. The van der Waals surface area contributed by atoms with Gasteiger partial charge in [-0.1, -0.05) is 0 Å². The summed E-state index contributed by atoms with van der Waals surface area (Å²) in [5, 5.41) is 11.6. The lowest BCUT2D eigenvalue weighted by Gasteiger charge is -2.36. The summed E-state index contributed by atoms with van der Waals surface area (Å²) in [5.41, 5.74) is -2.34. The van der Waals surface area contributed by atoms with E-state index in [9.17, 15) is 14.7 Å². The first kappa shape index (κ1) is 24.7. The van der Waals surface area contributed by atoms with Gasteiger partial charge in [-0.2, -0.15) is 0 Å². The van der Waals surface area contributed by atoms with Crippen molar-refractivity contribution in [2.45, 2.75) is 83.6 Å². The van der Waals surface area contributed by atoms with Crippen LogP contribution in [-0.2, 0) is 19.9 Å². The molecule has 1 saturated carbocycles. The molecular formula is C24H33NO5S2. The number of aliphatic hydroxyl groups is 1. The highest BCUT2D eigenvalue weighted by Crippen LogP contribution is 2.40. The first-order valence-corrected chi connectivity index (χ1v) is 12.6. The average Bonchev–Trinajstić information content (AvgIpc) is 3.35. The molecule has 2 aromatic rings. The van der Waals surface area contributed by atoms with Gasteiger partial charge in [0.25, 0.3) is 0 Å². The van der Waals surface area contributed by atoms with Crippen molar-refractivity contribution in [2.75, 3.05) is 7.05 Å².